The Labute approximate surface area is 206 Å². The smallest absolute Gasteiger partial charge is 0.323 e. The highest BCUT2D eigenvalue weighted by atomic mass is 16.5. The van der Waals surface area contributed by atoms with Crippen LogP contribution in [0.1, 0.15) is 29.8 Å². The highest BCUT2D eigenvalue weighted by Gasteiger charge is 2.36. The highest BCUT2D eigenvalue weighted by Crippen LogP contribution is 2.35. The van der Waals surface area contributed by atoms with Gasteiger partial charge < -0.3 is 24.0 Å². The van der Waals surface area contributed by atoms with Crippen molar-refractivity contribution in [3.8, 4) is 17.1 Å². The number of rotatable bonds is 7. The van der Waals surface area contributed by atoms with E-state index in [0.29, 0.717) is 24.4 Å². The van der Waals surface area contributed by atoms with E-state index in [9.17, 15) is 9.59 Å². The Kier molecular flexibility index (Phi) is 5.54. The van der Waals surface area contributed by atoms with E-state index in [-0.39, 0.29) is 18.2 Å². The van der Waals surface area contributed by atoms with Crippen LogP contribution in [0.3, 0.4) is 0 Å². The maximum Gasteiger partial charge on any atom is 0.323 e. The van der Waals surface area contributed by atoms with E-state index in [1.165, 1.54) is 5.56 Å². The van der Waals surface area contributed by atoms with E-state index < -0.39 is 6.23 Å². The van der Waals surface area contributed by atoms with Crippen LogP contribution in [0.25, 0.3) is 28.2 Å². The molecule has 0 bridgehead atoms. The minimum absolute atomic E-state index is 0.00278. The third kappa shape index (κ3) is 4.03. The number of amides is 1. The summed E-state index contributed by atoms with van der Waals surface area (Å²) in [4.78, 5) is 31.7. The maximum absolute atomic E-state index is 12.8. The van der Waals surface area contributed by atoms with Gasteiger partial charge in [-0.25, -0.2) is 9.48 Å². The van der Waals surface area contributed by atoms with Crippen LogP contribution in [0.15, 0.2) is 76.3 Å². The molecule has 0 saturated carbocycles. The summed E-state index contributed by atoms with van der Waals surface area (Å²) < 4.78 is 13.5. The van der Waals surface area contributed by atoms with E-state index in [4.69, 9.17) is 14.3 Å². The summed E-state index contributed by atoms with van der Waals surface area (Å²) in [6.07, 6.45) is 4.50. The van der Waals surface area contributed by atoms with Crippen molar-refractivity contribution in [3.63, 3.8) is 0 Å². The van der Waals surface area contributed by atoms with Gasteiger partial charge in [0.05, 0.1) is 28.5 Å². The van der Waals surface area contributed by atoms with Crippen LogP contribution in [0.4, 0.5) is 0 Å². The number of nitrogens with zero attached hydrogens (tertiary/aromatic N) is 3. The molecule has 2 aromatic carbocycles. The molecular weight excluding hydrogens is 458 g/mol. The first-order valence-corrected chi connectivity index (χ1v) is 11.9. The Hall–Kier alpha value is -4.37. The Balaban J connectivity index is 1.31. The average Bonchev–Trinajstić information content (AvgIpc) is 3.68. The molecule has 182 valence electrons. The number of hydrogen-bond donors (Lipinski definition) is 2. The number of hydrogen-bond acceptors (Lipinski definition) is 5. The zero-order valence-corrected chi connectivity index (χ0v) is 19.7. The van der Waals surface area contributed by atoms with Crippen molar-refractivity contribution >= 4 is 16.9 Å². The van der Waals surface area contributed by atoms with Gasteiger partial charge in [-0.05, 0) is 60.4 Å². The molecule has 4 heterocycles. The number of H-pyrrole nitrogens is 2. The molecule has 0 aliphatic carbocycles. The van der Waals surface area contributed by atoms with Crippen molar-refractivity contribution < 1.29 is 13.9 Å². The molecule has 2 N–H and O–H groups in total. The normalized spacial score (nSPS) is 15.9. The molecule has 1 atom stereocenters. The lowest BCUT2D eigenvalue weighted by Gasteiger charge is -2.23. The number of aryl methyl sites for hydroxylation is 1. The Morgan fingerprint density at radius 1 is 1.03 bits per heavy atom. The summed E-state index contributed by atoms with van der Waals surface area (Å²) in [6.45, 7) is 2.58. The summed E-state index contributed by atoms with van der Waals surface area (Å²) in [5.74, 6) is 0.528. The Morgan fingerprint density at radius 2 is 1.83 bits per heavy atom. The zero-order valence-electron chi connectivity index (χ0n) is 19.7. The van der Waals surface area contributed by atoms with Crippen LogP contribution >= 0.6 is 0 Å². The quantitative estimate of drug-likeness (QED) is 0.364. The molecule has 3 aromatic heterocycles. The number of furan rings is 1. The first kappa shape index (κ1) is 22.1. The monoisotopic (exact) mass is 483 g/mol. The van der Waals surface area contributed by atoms with Crippen molar-refractivity contribution in [2.75, 3.05) is 13.2 Å². The van der Waals surface area contributed by atoms with E-state index in [1.807, 2.05) is 48.7 Å². The average molecular weight is 484 g/mol. The molecule has 0 unspecified atom stereocenters. The van der Waals surface area contributed by atoms with Gasteiger partial charge in [0.25, 0.3) is 5.91 Å². The summed E-state index contributed by atoms with van der Waals surface area (Å²) in [5.41, 5.74) is 5.83. The Morgan fingerprint density at radius 3 is 2.61 bits per heavy atom. The van der Waals surface area contributed by atoms with Gasteiger partial charge >= 0.3 is 5.69 Å². The van der Waals surface area contributed by atoms with Crippen LogP contribution in [-0.4, -0.2) is 43.7 Å². The summed E-state index contributed by atoms with van der Waals surface area (Å²) in [5, 5.41) is 4.81. The van der Waals surface area contributed by atoms with Gasteiger partial charge in [-0.15, -0.1) is 0 Å². The topological polar surface area (TPSA) is 109 Å². The molecule has 6 rings (SSSR count). The lowest BCUT2D eigenvalue weighted by Crippen LogP contribution is -2.30. The maximum atomic E-state index is 12.8. The molecule has 0 radical (unpaired) electrons. The number of carbonyl (C=O) groups is 1. The first-order chi connectivity index (χ1) is 17.6. The molecule has 9 heteroatoms. The number of imidazole rings is 1. The zero-order chi connectivity index (χ0) is 24.6. The number of fused-ring (bicyclic) bond motifs is 1. The fourth-order valence-electron chi connectivity index (χ4n) is 4.63. The van der Waals surface area contributed by atoms with Crippen LogP contribution in [0.5, 0.6) is 0 Å². The number of ether oxygens (including phenoxy) is 1. The number of aromatic nitrogens is 4. The molecule has 1 aliphatic heterocycles. The molecule has 1 aliphatic rings. The third-order valence-corrected chi connectivity index (χ3v) is 6.56. The van der Waals surface area contributed by atoms with Crippen molar-refractivity contribution in [2.45, 2.75) is 26.0 Å². The van der Waals surface area contributed by atoms with E-state index in [0.717, 1.165) is 34.3 Å². The van der Waals surface area contributed by atoms with Crippen LogP contribution in [0, 0.1) is 0 Å². The van der Waals surface area contributed by atoms with Crippen LogP contribution in [-0.2, 0) is 22.4 Å². The van der Waals surface area contributed by atoms with Gasteiger partial charge in [0, 0.05) is 12.7 Å². The van der Waals surface area contributed by atoms with Gasteiger partial charge in [-0.3, -0.25) is 4.79 Å². The predicted octanol–water partition coefficient (Wildman–Crippen LogP) is 3.96. The number of carbonyl (C=O) groups excluding carboxylic acids is 1. The van der Waals surface area contributed by atoms with Gasteiger partial charge in [0.15, 0.2) is 12.0 Å². The molecule has 5 aromatic rings. The molecular formula is C27H25N5O4. The SMILES string of the molecule is CCc1ccc(-n2cc([C@H]3OCC(=O)N3CCc3ccc4[nH]c(=O)[nH]c4c3)c(-c3ccco3)n2)cc1. The summed E-state index contributed by atoms with van der Waals surface area (Å²) in [6, 6.07) is 17.6. The fraction of sp³-hybridized carbons (Fsp3) is 0.222. The summed E-state index contributed by atoms with van der Waals surface area (Å²) >= 11 is 0. The minimum atomic E-state index is -0.586. The van der Waals surface area contributed by atoms with Crippen LogP contribution < -0.4 is 5.69 Å². The number of benzene rings is 2. The van der Waals surface area contributed by atoms with E-state index in [2.05, 4.69) is 29.0 Å². The first-order valence-electron chi connectivity index (χ1n) is 11.9. The molecule has 1 saturated heterocycles. The van der Waals surface area contributed by atoms with Gasteiger partial charge in [0.1, 0.15) is 12.3 Å². The van der Waals surface area contributed by atoms with E-state index in [1.54, 1.807) is 15.8 Å². The van der Waals surface area contributed by atoms with Crippen LogP contribution in [0.2, 0.25) is 0 Å². The lowest BCUT2D eigenvalue weighted by molar-refractivity contribution is -0.128. The fourth-order valence-corrected chi connectivity index (χ4v) is 4.63. The van der Waals surface area contributed by atoms with Crippen molar-refractivity contribution in [3.05, 3.63) is 94.2 Å². The lowest BCUT2D eigenvalue weighted by atomic mass is 10.1. The molecule has 1 amide bonds. The third-order valence-electron chi connectivity index (χ3n) is 6.56. The second-order valence-electron chi connectivity index (χ2n) is 8.83. The molecule has 9 nitrogen and oxygen atoms in total. The predicted molar refractivity (Wildman–Crippen MR) is 134 cm³/mol. The summed E-state index contributed by atoms with van der Waals surface area (Å²) in [7, 11) is 0. The van der Waals surface area contributed by atoms with Gasteiger partial charge in [-0.2, -0.15) is 5.10 Å². The minimum Gasteiger partial charge on any atom is -0.463 e. The highest BCUT2D eigenvalue weighted by molar-refractivity contribution is 5.80. The van der Waals surface area contributed by atoms with E-state index >= 15 is 0 Å². The number of aromatic amines is 2. The van der Waals surface area contributed by atoms with Crippen molar-refractivity contribution in [1.82, 2.24) is 24.6 Å². The molecule has 1 fully saturated rings. The number of nitrogens with one attached hydrogen (secondary N) is 2. The molecule has 36 heavy (non-hydrogen) atoms. The van der Waals surface area contributed by atoms with Gasteiger partial charge in [-0.1, -0.05) is 25.1 Å². The second-order valence-corrected chi connectivity index (χ2v) is 8.83. The van der Waals surface area contributed by atoms with Crippen molar-refractivity contribution in [1.29, 1.82) is 0 Å². The van der Waals surface area contributed by atoms with Crippen molar-refractivity contribution in [2.24, 2.45) is 0 Å². The second kappa shape index (κ2) is 9.01. The largest absolute Gasteiger partial charge is 0.463 e. The standard InChI is InChI=1S/C27H25N5O4/c1-2-17-5-8-19(9-6-17)32-15-20(25(30-32)23-4-3-13-35-23)26-31(24(33)16-36-26)12-11-18-7-10-21-22(14-18)29-27(34)28-21/h3-10,13-15,26H,2,11-12,16H2,1H3,(H2,28,29,34)/t26-/m1/s1. The molecule has 0 spiro atoms. The van der Waals surface area contributed by atoms with Gasteiger partial charge in [0.2, 0.25) is 0 Å². The Bertz CT molecular complexity index is 1580.